The Labute approximate surface area is 156 Å². The fraction of sp³-hybridized carbons (Fsp3) is 0.190. The molecule has 0 saturated heterocycles. The van der Waals surface area contributed by atoms with Gasteiger partial charge < -0.3 is 9.72 Å². The predicted octanol–water partition coefficient (Wildman–Crippen LogP) is 3.71. The van der Waals surface area contributed by atoms with E-state index in [2.05, 4.69) is 15.1 Å². The number of nitrogens with zero attached hydrogens (tertiary/aromatic N) is 3. The molecule has 2 heterocycles. The summed E-state index contributed by atoms with van der Waals surface area (Å²) in [7, 11) is 1.62. The molecule has 2 aromatic carbocycles. The van der Waals surface area contributed by atoms with Crippen LogP contribution in [0.3, 0.4) is 0 Å². The van der Waals surface area contributed by atoms with E-state index in [9.17, 15) is 4.79 Å². The number of hydrogen-bond donors (Lipinski definition) is 1. The molecule has 2 aromatic heterocycles. The van der Waals surface area contributed by atoms with Gasteiger partial charge in [0, 0.05) is 11.6 Å². The van der Waals surface area contributed by atoms with E-state index in [1.165, 1.54) is 10.7 Å². The number of imidazole rings is 1. The molecule has 0 amide bonds. The average Bonchev–Trinajstić information content (AvgIpc) is 3.11. The number of ether oxygens (including phenoxy) is 1. The molecular weight excluding hydrogens is 340 g/mol. The highest BCUT2D eigenvalue weighted by molar-refractivity contribution is 5.75. The molecule has 0 fully saturated rings. The number of H-pyrrole nitrogens is 1. The second-order valence-corrected chi connectivity index (χ2v) is 6.55. The topological polar surface area (TPSA) is 72.8 Å². The molecule has 136 valence electrons. The van der Waals surface area contributed by atoms with Crippen molar-refractivity contribution in [1.29, 1.82) is 0 Å². The highest BCUT2D eigenvalue weighted by Crippen LogP contribution is 2.23. The highest BCUT2D eigenvalue weighted by Gasteiger charge is 2.16. The molecule has 4 aromatic rings. The Morgan fingerprint density at radius 1 is 1.11 bits per heavy atom. The van der Waals surface area contributed by atoms with Crippen LogP contribution in [0, 0.1) is 6.92 Å². The molecule has 0 aliphatic heterocycles. The molecule has 6 nitrogen and oxygen atoms in total. The lowest BCUT2D eigenvalue weighted by molar-refractivity contribution is 0.415. The maximum Gasteiger partial charge on any atom is 0.267 e. The fourth-order valence-electron chi connectivity index (χ4n) is 3.10. The third-order valence-electron chi connectivity index (χ3n) is 4.61. The van der Waals surface area contributed by atoms with Crippen molar-refractivity contribution < 1.29 is 4.74 Å². The van der Waals surface area contributed by atoms with E-state index in [1.54, 1.807) is 13.2 Å². The van der Waals surface area contributed by atoms with E-state index in [0.717, 1.165) is 27.9 Å². The van der Waals surface area contributed by atoms with E-state index in [0.29, 0.717) is 11.5 Å². The first kappa shape index (κ1) is 17.0. The first-order chi connectivity index (χ1) is 13.0. The van der Waals surface area contributed by atoms with Gasteiger partial charge in [-0.25, -0.2) is 9.67 Å². The summed E-state index contributed by atoms with van der Waals surface area (Å²) in [5.74, 6) is 1.45. The van der Waals surface area contributed by atoms with Crippen LogP contribution in [0.4, 0.5) is 0 Å². The summed E-state index contributed by atoms with van der Waals surface area (Å²) in [6, 6.07) is 16.6. The Balaban J connectivity index is 1.76. The van der Waals surface area contributed by atoms with Gasteiger partial charge in [0.1, 0.15) is 17.6 Å². The Bertz CT molecular complexity index is 1180. The van der Waals surface area contributed by atoms with Crippen LogP contribution in [0.1, 0.15) is 24.4 Å². The van der Waals surface area contributed by atoms with Crippen molar-refractivity contribution in [2.45, 2.75) is 19.9 Å². The molecule has 0 aliphatic carbocycles. The predicted molar refractivity (Wildman–Crippen MR) is 105 cm³/mol. The number of aromatic amines is 1. The summed E-state index contributed by atoms with van der Waals surface area (Å²) in [6.45, 7) is 3.95. The first-order valence-electron chi connectivity index (χ1n) is 8.76. The minimum absolute atomic E-state index is 0.175. The molecule has 1 N–H and O–H groups in total. The molecule has 0 bridgehead atoms. The molecule has 6 heteroatoms. The number of nitrogens with one attached hydrogen (secondary N) is 1. The molecule has 0 aliphatic rings. The van der Waals surface area contributed by atoms with E-state index in [1.807, 2.05) is 56.3 Å². The number of fused-ring (bicyclic) bond motifs is 1. The van der Waals surface area contributed by atoms with Gasteiger partial charge in [-0.2, -0.15) is 5.10 Å². The third kappa shape index (κ3) is 3.21. The zero-order valence-electron chi connectivity index (χ0n) is 15.4. The molecular formula is C21H20N4O2. The Morgan fingerprint density at radius 2 is 1.96 bits per heavy atom. The van der Waals surface area contributed by atoms with Crippen LogP contribution in [0.25, 0.3) is 22.3 Å². The Hall–Kier alpha value is -3.41. The highest BCUT2D eigenvalue weighted by atomic mass is 16.5. The zero-order valence-corrected chi connectivity index (χ0v) is 15.4. The van der Waals surface area contributed by atoms with E-state index < -0.39 is 0 Å². The Kier molecular flexibility index (Phi) is 4.24. The normalized spacial score (nSPS) is 12.3. The minimum Gasteiger partial charge on any atom is -0.497 e. The summed E-state index contributed by atoms with van der Waals surface area (Å²) in [4.78, 5) is 20.4. The third-order valence-corrected chi connectivity index (χ3v) is 4.61. The molecule has 0 spiro atoms. The van der Waals surface area contributed by atoms with Crippen LogP contribution in [-0.2, 0) is 0 Å². The maximum atomic E-state index is 12.4. The van der Waals surface area contributed by atoms with Gasteiger partial charge in [-0.05, 0) is 49.7 Å². The monoisotopic (exact) mass is 360 g/mol. The summed E-state index contributed by atoms with van der Waals surface area (Å²) >= 11 is 0. The van der Waals surface area contributed by atoms with Gasteiger partial charge >= 0.3 is 0 Å². The molecule has 1 unspecified atom stereocenters. The quantitative estimate of drug-likeness (QED) is 0.602. The second-order valence-electron chi connectivity index (χ2n) is 6.55. The van der Waals surface area contributed by atoms with E-state index >= 15 is 0 Å². The summed E-state index contributed by atoms with van der Waals surface area (Å²) in [6.07, 6.45) is 0. The van der Waals surface area contributed by atoms with Crippen LogP contribution in [0.15, 0.2) is 59.4 Å². The van der Waals surface area contributed by atoms with E-state index in [-0.39, 0.29) is 11.6 Å². The number of aromatic nitrogens is 4. The van der Waals surface area contributed by atoms with Crippen molar-refractivity contribution >= 4 is 11.0 Å². The summed E-state index contributed by atoms with van der Waals surface area (Å²) < 4.78 is 6.74. The van der Waals surface area contributed by atoms with Gasteiger partial charge in [0.15, 0.2) is 0 Å². The van der Waals surface area contributed by atoms with Gasteiger partial charge in [-0.3, -0.25) is 4.79 Å². The number of aryl methyl sites for hydroxylation is 1. The van der Waals surface area contributed by atoms with Crippen molar-refractivity contribution in [1.82, 2.24) is 19.7 Å². The van der Waals surface area contributed by atoms with Crippen LogP contribution >= 0.6 is 0 Å². The zero-order chi connectivity index (χ0) is 19.0. The minimum atomic E-state index is -0.323. The number of hydrogen-bond acceptors (Lipinski definition) is 4. The van der Waals surface area contributed by atoms with Crippen molar-refractivity contribution in [3.05, 3.63) is 76.3 Å². The van der Waals surface area contributed by atoms with Crippen molar-refractivity contribution in [3.8, 4) is 17.0 Å². The lowest BCUT2D eigenvalue weighted by Gasteiger charge is -2.13. The maximum absolute atomic E-state index is 12.4. The van der Waals surface area contributed by atoms with Gasteiger partial charge in [-0.1, -0.05) is 18.2 Å². The average molecular weight is 360 g/mol. The number of rotatable bonds is 4. The Morgan fingerprint density at radius 3 is 2.78 bits per heavy atom. The van der Waals surface area contributed by atoms with Gasteiger partial charge in [-0.15, -0.1) is 0 Å². The van der Waals surface area contributed by atoms with Crippen LogP contribution < -0.4 is 10.3 Å². The van der Waals surface area contributed by atoms with Crippen molar-refractivity contribution in [3.63, 3.8) is 0 Å². The molecule has 27 heavy (non-hydrogen) atoms. The molecule has 0 saturated carbocycles. The van der Waals surface area contributed by atoms with Gasteiger partial charge in [0.05, 0.1) is 23.8 Å². The molecule has 1 atom stereocenters. The first-order valence-corrected chi connectivity index (χ1v) is 8.76. The van der Waals surface area contributed by atoms with Gasteiger partial charge in [0.2, 0.25) is 0 Å². The number of methoxy groups -OCH3 is 1. The smallest absolute Gasteiger partial charge is 0.267 e. The van der Waals surface area contributed by atoms with Gasteiger partial charge in [0.25, 0.3) is 5.56 Å². The molecule has 0 radical (unpaired) electrons. The fourth-order valence-corrected chi connectivity index (χ4v) is 3.10. The van der Waals surface area contributed by atoms with E-state index in [4.69, 9.17) is 4.74 Å². The largest absolute Gasteiger partial charge is 0.497 e. The lowest BCUT2D eigenvalue weighted by atomic mass is 10.1. The summed E-state index contributed by atoms with van der Waals surface area (Å²) in [5, 5.41) is 4.57. The van der Waals surface area contributed by atoms with Crippen LogP contribution in [0.2, 0.25) is 0 Å². The standard InChI is InChI=1S/C21H20N4O2/c1-13-7-8-18-19(11-13)23-21(22-18)14(2)25-20(26)10-9-17(24-25)15-5-4-6-16(12-15)27-3/h4-12,14H,1-3H3,(H,22,23). The van der Waals surface area contributed by atoms with Crippen molar-refractivity contribution in [2.75, 3.05) is 7.11 Å². The second kappa shape index (κ2) is 6.72. The SMILES string of the molecule is COc1cccc(-c2ccc(=O)n(C(C)c3nc4ccc(C)cc4[nH]3)n2)c1. The number of benzene rings is 2. The van der Waals surface area contributed by atoms with Crippen molar-refractivity contribution in [2.24, 2.45) is 0 Å². The van der Waals surface area contributed by atoms with Crippen LogP contribution in [-0.4, -0.2) is 26.9 Å². The lowest BCUT2D eigenvalue weighted by Crippen LogP contribution is -2.26. The molecule has 4 rings (SSSR count). The van der Waals surface area contributed by atoms with Crippen LogP contribution in [0.5, 0.6) is 5.75 Å². The summed E-state index contributed by atoms with van der Waals surface area (Å²) in [5.41, 5.74) is 4.39.